The number of nitrogens with two attached hydrogens (primary N) is 1. The first-order valence-electron chi connectivity index (χ1n) is 18.1. The molecule has 3 aliphatic rings. The van der Waals surface area contributed by atoms with Crippen LogP contribution in [0.25, 0.3) is 0 Å². The smallest absolute Gasteiger partial charge is 0.209 e. The van der Waals surface area contributed by atoms with E-state index in [2.05, 4.69) is 129 Å². The molecule has 2 heterocycles. The van der Waals surface area contributed by atoms with Crippen LogP contribution in [-0.2, 0) is 10.8 Å². The highest BCUT2D eigenvalue weighted by molar-refractivity contribution is 6.03. The number of allylic oxidation sites excluding steroid dienone is 7. The molecule has 4 nitrogen and oxygen atoms in total. The lowest BCUT2D eigenvalue weighted by Gasteiger charge is -2.28. The van der Waals surface area contributed by atoms with Crippen LogP contribution in [0, 0.1) is 0 Å². The molecule has 0 saturated heterocycles. The maximum Gasteiger partial charge on any atom is 0.209 e. The van der Waals surface area contributed by atoms with E-state index >= 15 is 0 Å². The zero-order valence-corrected chi connectivity index (χ0v) is 29.6. The standard InChI is InChI=1S/C42H58N4/c1-7-9-30-45-36-22-13-11-20-34(36)41(3,4)38(45)26-24-32-18-17-19-33(40(32)44-29-16-15-28-43)25-27-39-42(5,6)35-21-12-14-23-37(35)46(39)31-10-8-2/h11-14,20-27H,7-10,15-19,28-31,43H2,1-6H3/p+1/b32-24+,38-26+. The molecule has 246 valence electrons. The van der Waals surface area contributed by atoms with Crippen LogP contribution in [0.2, 0.25) is 0 Å². The molecule has 3 N–H and O–H groups in total. The highest BCUT2D eigenvalue weighted by atomic mass is 15.2. The van der Waals surface area contributed by atoms with E-state index in [1.54, 1.807) is 0 Å². The van der Waals surface area contributed by atoms with Crippen LogP contribution < -0.4 is 16.0 Å². The summed E-state index contributed by atoms with van der Waals surface area (Å²) in [7, 11) is 0. The molecule has 0 spiro atoms. The largest absolute Gasteiger partial charge is 0.385 e. The third-order valence-electron chi connectivity index (χ3n) is 10.4. The van der Waals surface area contributed by atoms with Gasteiger partial charge in [0.2, 0.25) is 5.69 Å². The molecule has 0 radical (unpaired) electrons. The molecule has 2 aromatic rings. The van der Waals surface area contributed by atoms with Gasteiger partial charge in [0.05, 0.1) is 5.41 Å². The lowest BCUT2D eigenvalue weighted by molar-refractivity contribution is -0.438. The minimum absolute atomic E-state index is 0.0289. The van der Waals surface area contributed by atoms with Crippen LogP contribution in [0.5, 0.6) is 0 Å². The van der Waals surface area contributed by atoms with E-state index in [9.17, 15) is 0 Å². The predicted octanol–water partition coefficient (Wildman–Crippen LogP) is 9.59. The van der Waals surface area contributed by atoms with Crippen molar-refractivity contribution < 1.29 is 4.58 Å². The Hall–Kier alpha value is -3.37. The molecular weight excluding hydrogens is 560 g/mol. The maximum atomic E-state index is 5.87. The van der Waals surface area contributed by atoms with Crippen LogP contribution >= 0.6 is 0 Å². The number of nitrogens with one attached hydrogen (secondary N) is 1. The van der Waals surface area contributed by atoms with Crippen molar-refractivity contribution in [3.05, 3.63) is 107 Å². The van der Waals surface area contributed by atoms with E-state index in [-0.39, 0.29) is 10.8 Å². The molecule has 0 saturated carbocycles. The Morgan fingerprint density at radius 1 is 0.826 bits per heavy atom. The van der Waals surface area contributed by atoms with E-state index in [4.69, 9.17) is 5.73 Å². The number of nitrogens with zero attached hydrogens (tertiary/aromatic N) is 2. The van der Waals surface area contributed by atoms with E-state index in [1.165, 1.54) is 82.9 Å². The number of benzene rings is 2. The summed E-state index contributed by atoms with van der Waals surface area (Å²) in [6.07, 6.45) is 20.0. The molecule has 2 aromatic carbocycles. The van der Waals surface area contributed by atoms with Crippen LogP contribution in [0.3, 0.4) is 0 Å². The number of rotatable bonds is 14. The van der Waals surface area contributed by atoms with Gasteiger partial charge in [0.25, 0.3) is 0 Å². The quantitative estimate of drug-likeness (QED) is 0.163. The third kappa shape index (κ3) is 6.83. The van der Waals surface area contributed by atoms with Gasteiger partial charge in [0.1, 0.15) is 6.54 Å². The molecule has 0 unspecified atom stereocenters. The number of hydrogen-bond acceptors (Lipinski definition) is 3. The Kier molecular flexibility index (Phi) is 11.1. The van der Waals surface area contributed by atoms with Gasteiger partial charge in [-0.05, 0) is 87.8 Å². The second-order valence-electron chi connectivity index (χ2n) is 14.4. The molecule has 2 aliphatic heterocycles. The first kappa shape index (κ1) is 34.0. The van der Waals surface area contributed by atoms with Gasteiger partial charge < -0.3 is 16.0 Å². The highest BCUT2D eigenvalue weighted by Gasteiger charge is 2.44. The van der Waals surface area contributed by atoms with E-state index < -0.39 is 0 Å². The number of fused-ring (bicyclic) bond motifs is 2. The molecule has 46 heavy (non-hydrogen) atoms. The Morgan fingerprint density at radius 3 is 2.33 bits per heavy atom. The van der Waals surface area contributed by atoms with Crippen molar-refractivity contribution in [2.45, 2.75) is 110 Å². The molecule has 0 bridgehead atoms. The van der Waals surface area contributed by atoms with Crippen molar-refractivity contribution in [1.29, 1.82) is 0 Å². The molecule has 4 heteroatoms. The Labute approximate surface area is 279 Å². The first-order chi connectivity index (χ1) is 22.2. The summed E-state index contributed by atoms with van der Waals surface area (Å²) in [5.41, 5.74) is 18.4. The van der Waals surface area contributed by atoms with Crippen LogP contribution in [0.1, 0.15) is 110 Å². The van der Waals surface area contributed by atoms with Gasteiger partial charge in [-0.2, -0.15) is 4.58 Å². The zero-order chi connectivity index (χ0) is 32.7. The van der Waals surface area contributed by atoms with Crippen molar-refractivity contribution in [3.63, 3.8) is 0 Å². The highest BCUT2D eigenvalue weighted by Crippen LogP contribution is 2.48. The summed E-state index contributed by atoms with van der Waals surface area (Å²) in [5.74, 6) is 0. The topological polar surface area (TPSA) is 44.3 Å². The van der Waals surface area contributed by atoms with E-state index in [1.807, 2.05) is 0 Å². The summed E-state index contributed by atoms with van der Waals surface area (Å²) in [6.45, 7) is 18.0. The fourth-order valence-electron chi connectivity index (χ4n) is 7.72. The van der Waals surface area contributed by atoms with Crippen molar-refractivity contribution in [2.24, 2.45) is 5.73 Å². The summed E-state index contributed by atoms with van der Waals surface area (Å²) >= 11 is 0. The molecule has 1 aliphatic carbocycles. The fraction of sp³-hybridized carbons (Fsp3) is 0.500. The fourth-order valence-corrected chi connectivity index (χ4v) is 7.72. The minimum Gasteiger partial charge on any atom is -0.385 e. The van der Waals surface area contributed by atoms with Crippen molar-refractivity contribution in [3.8, 4) is 0 Å². The summed E-state index contributed by atoms with van der Waals surface area (Å²) in [4.78, 5) is 2.58. The molecule has 0 atom stereocenters. The number of hydrogen-bond donors (Lipinski definition) is 2. The first-order valence-corrected chi connectivity index (χ1v) is 18.1. The third-order valence-corrected chi connectivity index (χ3v) is 10.4. The van der Waals surface area contributed by atoms with Crippen molar-refractivity contribution in [2.75, 3.05) is 31.1 Å². The van der Waals surface area contributed by atoms with Gasteiger partial charge in [-0.3, -0.25) is 0 Å². The molecule has 0 aromatic heterocycles. The summed E-state index contributed by atoms with van der Waals surface area (Å²) < 4.78 is 2.58. The summed E-state index contributed by atoms with van der Waals surface area (Å²) in [5, 5.41) is 3.91. The van der Waals surface area contributed by atoms with Crippen LogP contribution in [0.15, 0.2) is 95.4 Å². The average molecular weight is 620 g/mol. The average Bonchev–Trinajstić information content (AvgIpc) is 3.41. The summed E-state index contributed by atoms with van der Waals surface area (Å²) in [6, 6.07) is 18.0. The maximum absolute atomic E-state index is 5.87. The second-order valence-corrected chi connectivity index (χ2v) is 14.4. The Balaban J connectivity index is 1.55. The van der Waals surface area contributed by atoms with E-state index in [0.717, 1.165) is 51.9 Å². The zero-order valence-electron chi connectivity index (χ0n) is 29.6. The SMILES string of the molecule is CCCCN1/C(=C/C=C2\CCCC(/C=C/C3=[N+](CCCC)c4ccccc4C3(C)C)=C2NCCCCN)C(C)(C)c2ccccc21. The molecule has 5 rings (SSSR count). The van der Waals surface area contributed by atoms with Crippen molar-refractivity contribution in [1.82, 2.24) is 5.32 Å². The van der Waals surface area contributed by atoms with Crippen LogP contribution in [0.4, 0.5) is 11.4 Å². The molecule has 0 amide bonds. The number of anilines is 1. The van der Waals surface area contributed by atoms with Gasteiger partial charge in [-0.15, -0.1) is 0 Å². The van der Waals surface area contributed by atoms with Gasteiger partial charge in [0, 0.05) is 59.7 Å². The monoisotopic (exact) mass is 619 g/mol. The van der Waals surface area contributed by atoms with Crippen LogP contribution in [-0.4, -0.2) is 36.5 Å². The minimum atomic E-state index is -0.0289. The lowest BCUT2D eigenvalue weighted by atomic mass is 9.81. The van der Waals surface area contributed by atoms with Gasteiger partial charge >= 0.3 is 0 Å². The van der Waals surface area contributed by atoms with Gasteiger partial charge in [0.15, 0.2) is 5.71 Å². The Morgan fingerprint density at radius 2 is 1.57 bits per heavy atom. The normalized spacial score (nSPS) is 20.4. The second kappa shape index (κ2) is 15.0. The van der Waals surface area contributed by atoms with Crippen molar-refractivity contribution >= 4 is 17.1 Å². The lowest BCUT2D eigenvalue weighted by Crippen LogP contribution is -2.28. The van der Waals surface area contributed by atoms with Gasteiger partial charge in [-0.1, -0.05) is 89.1 Å². The number of unbranched alkanes of at least 4 members (excludes halogenated alkanes) is 3. The molecular formula is C42H59N4+. The predicted molar refractivity (Wildman–Crippen MR) is 198 cm³/mol. The molecule has 0 fully saturated rings. The Bertz CT molecular complexity index is 1530. The number of para-hydroxylation sites is 2. The van der Waals surface area contributed by atoms with E-state index in [0.29, 0.717) is 0 Å². The van der Waals surface area contributed by atoms with Gasteiger partial charge in [-0.25, -0.2) is 0 Å².